The van der Waals surface area contributed by atoms with E-state index in [1.54, 1.807) is 19.1 Å². The number of carbonyl (C=O) groups is 2. The zero-order valence-corrected chi connectivity index (χ0v) is 16.9. The van der Waals surface area contributed by atoms with Crippen molar-refractivity contribution in [2.75, 3.05) is 6.61 Å². The summed E-state index contributed by atoms with van der Waals surface area (Å²) in [6, 6.07) is 12.9. The quantitative estimate of drug-likeness (QED) is 0.594. The summed E-state index contributed by atoms with van der Waals surface area (Å²) in [4.78, 5) is 31.5. The molecule has 1 aliphatic rings. The summed E-state index contributed by atoms with van der Waals surface area (Å²) in [5.41, 5.74) is 1.92. The molecular weight excluding hydrogens is 406 g/mol. The molecule has 0 radical (unpaired) electrons. The highest BCUT2D eigenvalue weighted by atomic mass is 32.2. The lowest BCUT2D eigenvalue weighted by Crippen LogP contribution is -2.25. The number of aromatic nitrogens is 2. The van der Waals surface area contributed by atoms with E-state index in [0.717, 1.165) is 17.3 Å². The van der Waals surface area contributed by atoms with Crippen LogP contribution in [-0.2, 0) is 11.2 Å². The standard InChI is InChI=1S/C21H19N3O5S/c1-12-18(23-20(29-12)13-5-3-2-4-6-13)16(25)11-28-15-8-7-14(22-10-15)9-17-19(26)24-21(27)30-17/h2-8,10,16-17,25H,9,11H2,1H3,(H,24,26,27). The van der Waals surface area contributed by atoms with Crippen molar-refractivity contribution < 1.29 is 23.8 Å². The summed E-state index contributed by atoms with van der Waals surface area (Å²) >= 11 is 0.966. The average Bonchev–Trinajstić information content (AvgIpc) is 3.29. The second-order valence-corrected chi connectivity index (χ2v) is 7.90. The molecular formula is C21H19N3O5S. The van der Waals surface area contributed by atoms with E-state index in [9.17, 15) is 14.7 Å². The van der Waals surface area contributed by atoms with Crippen molar-refractivity contribution in [3.63, 3.8) is 0 Å². The Kier molecular flexibility index (Phi) is 5.82. The summed E-state index contributed by atoms with van der Waals surface area (Å²) in [6.45, 7) is 1.73. The van der Waals surface area contributed by atoms with E-state index >= 15 is 0 Å². The highest BCUT2D eigenvalue weighted by Gasteiger charge is 2.31. The minimum absolute atomic E-state index is 0.0159. The monoisotopic (exact) mass is 425 g/mol. The molecule has 30 heavy (non-hydrogen) atoms. The predicted octanol–water partition coefficient (Wildman–Crippen LogP) is 3.05. The fourth-order valence-corrected chi connectivity index (χ4v) is 3.85. The number of pyridine rings is 1. The van der Waals surface area contributed by atoms with Crippen molar-refractivity contribution in [3.8, 4) is 17.2 Å². The number of imide groups is 1. The van der Waals surface area contributed by atoms with Crippen molar-refractivity contribution in [1.82, 2.24) is 15.3 Å². The van der Waals surface area contributed by atoms with Crippen molar-refractivity contribution in [2.24, 2.45) is 0 Å². The minimum atomic E-state index is -0.963. The number of nitrogens with one attached hydrogen (secondary N) is 1. The molecule has 3 aromatic rings. The Balaban J connectivity index is 1.35. The molecule has 3 heterocycles. The van der Waals surface area contributed by atoms with Crippen LogP contribution in [0.4, 0.5) is 4.79 Å². The molecule has 0 aliphatic carbocycles. The molecule has 2 N–H and O–H groups in total. The zero-order valence-electron chi connectivity index (χ0n) is 16.1. The van der Waals surface area contributed by atoms with Gasteiger partial charge in [0.15, 0.2) is 0 Å². The number of thioether (sulfide) groups is 1. The van der Waals surface area contributed by atoms with E-state index in [1.165, 1.54) is 6.20 Å². The molecule has 2 atom stereocenters. The summed E-state index contributed by atoms with van der Waals surface area (Å²) in [6.07, 6.45) is 0.910. The van der Waals surface area contributed by atoms with Gasteiger partial charge in [0.05, 0.1) is 11.4 Å². The molecule has 0 saturated carbocycles. The Hall–Kier alpha value is -3.17. The SMILES string of the molecule is Cc1oc(-c2ccccc2)nc1C(O)COc1ccc(CC2SC(=O)NC2=O)nc1. The summed E-state index contributed by atoms with van der Waals surface area (Å²) in [5.74, 6) is 1.15. The molecule has 8 nitrogen and oxygen atoms in total. The lowest BCUT2D eigenvalue weighted by molar-refractivity contribution is -0.118. The van der Waals surface area contributed by atoms with Crippen LogP contribution in [0, 0.1) is 6.92 Å². The topological polar surface area (TPSA) is 115 Å². The van der Waals surface area contributed by atoms with Gasteiger partial charge in [0.25, 0.3) is 5.24 Å². The van der Waals surface area contributed by atoms with Crippen LogP contribution < -0.4 is 10.1 Å². The van der Waals surface area contributed by atoms with Crippen LogP contribution in [0.1, 0.15) is 23.3 Å². The molecule has 1 aromatic carbocycles. The smallest absolute Gasteiger partial charge is 0.286 e. The Morgan fingerprint density at radius 3 is 2.70 bits per heavy atom. The third kappa shape index (κ3) is 4.52. The van der Waals surface area contributed by atoms with Gasteiger partial charge in [-0.05, 0) is 31.2 Å². The van der Waals surface area contributed by atoms with E-state index in [-0.39, 0.29) is 17.8 Å². The van der Waals surface area contributed by atoms with Crippen LogP contribution in [0.3, 0.4) is 0 Å². The first-order chi connectivity index (χ1) is 14.5. The first-order valence-electron chi connectivity index (χ1n) is 9.29. The molecule has 2 unspecified atom stereocenters. The minimum Gasteiger partial charge on any atom is -0.489 e. The maximum atomic E-state index is 11.6. The predicted molar refractivity (Wildman–Crippen MR) is 110 cm³/mol. The van der Waals surface area contributed by atoms with E-state index in [1.807, 2.05) is 30.3 Å². The molecule has 4 rings (SSSR count). The zero-order chi connectivity index (χ0) is 21.1. The Labute approximate surface area is 176 Å². The lowest BCUT2D eigenvalue weighted by atomic mass is 10.2. The van der Waals surface area contributed by atoms with Crippen LogP contribution in [0.5, 0.6) is 5.75 Å². The van der Waals surface area contributed by atoms with Gasteiger partial charge in [-0.1, -0.05) is 30.0 Å². The fourth-order valence-electron chi connectivity index (χ4n) is 3.01. The molecule has 2 aromatic heterocycles. The van der Waals surface area contributed by atoms with Crippen LogP contribution in [0.25, 0.3) is 11.5 Å². The molecule has 1 fully saturated rings. The van der Waals surface area contributed by atoms with Gasteiger partial charge < -0.3 is 14.3 Å². The third-order valence-electron chi connectivity index (χ3n) is 4.54. The van der Waals surface area contributed by atoms with Gasteiger partial charge in [0, 0.05) is 17.7 Å². The van der Waals surface area contributed by atoms with Crippen molar-refractivity contribution >= 4 is 22.9 Å². The van der Waals surface area contributed by atoms with Crippen molar-refractivity contribution in [3.05, 3.63) is 65.8 Å². The number of rotatable bonds is 7. The molecule has 0 bridgehead atoms. The van der Waals surface area contributed by atoms with E-state index in [2.05, 4.69) is 15.3 Å². The summed E-state index contributed by atoms with van der Waals surface area (Å²) in [5, 5.41) is 11.9. The van der Waals surface area contributed by atoms with E-state index in [4.69, 9.17) is 9.15 Å². The van der Waals surface area contributed by atoms with Gasteiger partial charge in [-0.25, -0.2) is 4.98 Å². The Morgan fingerprint density at radius 2 is 2.03 bits per heavy atom. The number of aryl methyl sites for hydroxylation is 1. The van der Waals surface area contributed by atoms with Gasteiger partial charge in [-0.15, -0.1) is 0 Å². The molecule has 9 heteroatoms. The highest BCUT2D eigenvalue weighted by molar-refractivity contribution is 8.15. The van der Waals surface area contributed by atoms with Gasteiger partial charge in [-0.3, -0.25) is 19.9 Å². The van der Waals surface area contributed by atoms with E-state index < -0.39 is 11.4 Å². The number of hydrogen-bond donors (Lipinski definition) is 2. The summed E-state index contributed by atoms with van der Waals surface area (Å²) < 4.78 is 11.3. The number of oxazole rings is 1. The number of ether oxygens (including phenoxy) is 1. The van der Waals surface area contributed by atoms with Crippen molar-refractivity contribution in [2.45, 2.75) is 24.7 Å². The number of benzene rings is 1. The Morgan fingerprint density at radius 1 is 1.23 bits per heavy atom. The maximum absolute atomic E-state index is 11.6. The second-order valence-electron chi connectivity index (χ2n) is 6.73. The van der Waals surface area contributed by atoms with Gasteiger partial charge in [0.1, 0.15) is 29.9 Å². The molecule has 0 spiro atoms. The number of amides is 2. The largest absolute Gasteiger partial charge is 0.489 e. The van der Waals surface area contributed by atoms with E-state index in [0.29, 0.717) is 35.2 Å². The number of aliphatic hydroxyl groups excluding tert-OH is 1. The summed E-state index contributed by atoms with van der Waals surface area (Å²) in [7, 11) is 0. The fraction of sp³-hybridized carbons (Fsp3) is 0.238. The number of carbonyl (C=O) groups excluding carboxylic acids is 2. The first-order valence-corrected chi connectivity index (χ1v) is 10.2. The highest BCUT2D eigenvalue weighted by Crippen LogP contribution is 2.26. The normalized spacial score (nSPS) is 17.1. The van der Waals surface area contributed by atoms with Gasteiger partial charge in [0.2, 0.25) is 11.8 Å². The first kappa shape index (κ1) is 20.1. The van der Waals surface area contributed by atoms with Crippen LogP contribution in [0.2, 0.25) is 0 Å². The Bertz CT molecular complexity index is 1050. The van der Waals surface area contributed by atoms with Gasteiger partial charge in [-0.2, -0.15) is 0 Å². The van der Waals surface area contributed by atoms with Gasteiger partial charge >= 0.3 is 0 Å². The third-order valence-corrected chi connectivity index (χ3v) is 5.52. The molecule has 1 saturated heterocycles. The number of nitrogens with zero attached hydrogens (tertiary/aromatic N) is 2. The second kappa shape index (κ2) is 8.68. The lowest BCUT2D eigenvalue weighted by Gasteiger charge is -2.11. The average molecular weight is 425 g/mol. The number of hydrogen-bond acceptors (Lipinski definition) is 8. The molecule has 154 valence electrons. The maximum Gasteiger partial charge on any atom is 0.286 e. The van der Waals surface area contributed by atoms with Crippen LogP contribution in [-0.4, -0.2) is 38.1 Å². The molecule has 2 amide bonds. The van der Waals surface area contributed by atoms with Crippen molar-refractivity contribution in [1.29, 1.82) is 0 Å². The number of aliphatic hydroxyl groups is 1. The molecule has 1 aliphatic heterocycles. The van der Waals surface area contributed by atoms with Crippen LogP contribution >= 0.6 is 11.8 Å². The van der Waals surface area contributed by atoms with Crippen LogP contribution in [0.15, 0.2) is 53.1 Å².